The van der Waals surface area contributed by atoms with Crippen LogP contribution < -0.4 is 0 Å². The molecule has 0 aromatic carbocycles. The van der Waals surface area contributed by atoms with Crippen molar-refractivity contribution in [1.29, 1.82) is 0 Å². The van der Waals surface area contributed by atoms with Crippen molar-refractivity contribution in [3.8, 4) is 0 Å². The molecule has 0 bridgehead atoms. The van der Waals surface area contributed by atoms with Gasteiger partial charge in [-0.2, -0.15) is 0 Å². The van der Waals surface area contributed by atoms with Gasteiger partial charge in [-0.3, -0.25) is 14.6 Å². The van der Waals surface area contributed by atoms with Crippen LogP contribution in [-0.4, -0.2) is 85.7 Å². The van der Waals surface area contributed by atoms with E-state index in [-0.39, 0.29) is 0 Å². The average molecular weight is 309 g/mol. The quantitative estimate of drug-likeness (QED) is 0.784. The number of amides is 1. The summed E-state index contributed by atoms with van der Waals surface area (Å²) >= 11 is 0. The summed E-state index contributed by atoms with van der Waals surface area (Å²) in [7, 11) is 0. The SMILES string of the molecule is O=C(CN1CCN(C2CCOCC2)CC1)N1CCCCCC1. The largest absolute Gasteiger partial charge is 0.381 e. The van der Waals surface area contributed by atoms with Gasteiger partial charge in [0.25, 0.3) is 0 Å². The van der Waals surface area contributed by atoms with E-state index < -0.39 is 0 Å². The van der Waals surface area contributed by atoms with E-state index in [0.717, 1.165) is 52.5 Å². The third-order valence-electron chi connectivity index (χ3n) is 5.43. The Hall–Kier alpha value is -0.650. The number of hydrogen-bond donors (Lipinski definition) is 0. The van der Waals surface area contributed by atoms with Crippen molar-refractivity contribution < 1.29 is 9.53 Å². The summed E-state index contributed by atoms with van der Waals surface area (Å²) in [5.74, 6) is 0.349. The molecular weight excluding hydrogens is 278 g/mol. The smallest absolute Gasteiger partial charge is 0.236 e. The van der Waals surface area contributed by atoms with Crippen LogP contribution in [-0.2, 0) is 9.53 Å². The van der Waals surface area contributed by atoms with Crippen LogP contribution in [0.5, 0.6) is 0 Å². The first-order valence-electron chi connectivity index (χ1n) is 9.15. The highest BCUT2D eigenvalue weighted by atomic mass is 16.5. The van der Waals surface area contributed by atoms with E-state index in [1.165, 1.54) is 38.5 Å². The van der Waals surface area contributed by atoms with E-state index in [9.17, 15) is 4.79 Å². The molecule has 0 unspecified atom stereocenters. The molecule has 3 heterocycles. The van der Waals surface area contributed by atoms with Crippen molar-refractivity contribution in [1.82, 2.24) is 14.7 Å². The first-order chi connectivity index (χ1) is 10.8. The van der Waals surface area contributed by atoms with Gasteiger partial charge in [-0.05, 0) is 25.7 Å². The van der Waals surface area contributed by atoms with Crippen molar-refractivity contribution in [2.45, 2.75) is 44.6 Å². The minimum absolute atomic E-state index is 0.349. The van der Waals surface area contributed by atoms with E-state index >= 15 is 0 Å². The Balaban J connectivity index is 1.40. The predicted octanol–water partition coefficient (Wildman–Crippen LogP) is 1.19. The van der Waals surface area contributed by atoms with Gasteiger partial charge in [-0.15, -0.1) is 0 Å². The Morgan fingerprint density at radius 2 is 1.50 bits per heavy atom. The lowest BCUT2D eigenvalue weighted by molar-refractivity contribution is -0.133. The summed E-state index contributed by atoms with van der Waals surface area (Å²) in [5.41, 5.74) is 0. The molecule has 0 N–H and O–H groups in total. The van der Waals surface area contributed by atoms with Crippen LogP contribution in [0.15, 0.2) is 0 Å². The molecule has 0 atom stereocenters. The molecule has 5 heteroatoms. The number of nitrogens with zero attached hydrogens (tertiary/aromatic N) is 3. The maximum absolute atomic E-state index is 12.5. The number of hydrogen-bond acceptors (Lipinski definition) is 4. The lowest BCUT2D eigenvalue weighted by Gasteiger charge is -2.40. The highest BCUT2D eigenvalue weighted by Crippen LogP contribution is 2.17. The predicted molar refractivity (Wildman–Crippen MR) is 86.9 cm³/mol. The molecule has 1 amide bonds. The van der Waals surface area contributed by atoms with Crippen molar-refractivity contribution in [2.75, 3.05) is 59.0 Å². The highest BCUT2D eigenvalue weighted by Gasteiger charge is 2.27. The average Bonchev–Trinajstić information content (AvgIpc) is 2.86. The van der Waals surface area contributed by atoms with Gasteiger partial charge >= 0.3 is 0 Å². The van der Waals surface area contributed by atoms with Gasteiger partial charge in [-0.1, -0.05) is 12.8 Å². The van der Waals surface area contributed by atoms with Crippen LogP contribution in [0.2, 0.25) is 0 Å². The zero-order valence-corrected chi connectivity index (χ0v) is 13.8. The Morgan fingerprint density at radius 3 is 2.14 bits per heavy atom. The van der Waals surface area contributed by atoms with Gasteiger partial charge in [0.1, 0.15) is 0 Å². The number of piperazine rings is 1. The van der Waals surface area contributed by atoms with Gasteiger partial charge in [0.2, 0.25) is 5.91 Å². The minimum Gasteiger partial charge on any atom is -0.381 e. The second kappa shape index (κ2) is 8.27. The molecule has 0 aromatic heterocycles. The van der Waals surface area contributed by atoms with Gasteiger partial charge < -0.3 is 9.64 Å². The molecule has 0 aromatic rings. The first-order valence-corrected chi connectivity index (χ1v) is 9.15. The maximum atomic E-state index is 12.5. The Morgan fingerprint density at radius 1 is 0.864 bits per heavy atom. The third kappa shape index (κ3) is 4.43. The monoisotopic (exact) mass is 309 g/mol. The molecular formula is C17H31N3O2. The molecule has 0 saturated carbocycles. The standard InChI is InChI=1S/C17H31N3O2/c21-17(20-7-3-1-2-4-8-20)15-18-9-11-19(12-10-18)16-5-13-22-14-6-16/h16H,1-15H2. The van der Waals surface area contributed by atoms with E-state index in [1.807, 2.05) is 0 Å². The summed E-state index contributed by atoms with van der Waals surface area (Å²) in [6.07, 6.45) is 7.28. The topological polar surface area (TPSA) is 36.0 Å². The van der Waals surface area contributed by atoms with Crippen LogP contribution in [0.25, 0.3) is 0 Å². The number of carbonyl (C=O) groups excluding carboxylic acids is 1. The summed E-state index contributed by atoms with van der Waals surface area (Å²) in [5, 5.41) is 0. The Bertz CT molecular complexity index is 342. The van der Waals surface area contributed by atoms with Crippen LogP contribution in [0, 0.1) is 0 Å². The molecule has 3 aliphatic rings. The summed E-state index contributed by atoms with van der Waals surface area (Å²) < 4.78 is 5.45. The first kappa shape index (κ1) is 16.2. The number of ether oxygens (including phenoxy) is 1. The number of carbonyl (C=O) groups is 1. The fourth-order valence-corrected chi connectivity index (χ4v) is 3.95. The van der Waals surface area contributed by atoms with Crippen LogP contribution in [0.4, 0.5) is 0 Å². The van der Waals surface area contributed by atoms with Gasteiger partial charge in [0.15, 0.2) is 0 Å². The van der Waals surface area contributed by atoms with E-state index in [2.05, 4.69) is 14.7 Å². The highest BCUT2D eigenvalue weighted by molar-refractivity contribution is 5.78. The van der Waals surface area contributed by atoms with Gasteiger partial charge in [-0.25, -0.2) is 0 Å². The molecule has 3 aliphatic heterocycles. The van der Waals surface area contributed by atoms with Gasteiger partial charge in [0.05, 0.1) is 6.54 Å². The third-order valence-corrected chi connectivity index (χ3v) is 5.43. The van der Waals surface area contributed by atoms with E-state index in [0.29, 0.717) is 18.5 Å². The molecule has 22 heavy (non-hydrogen) atoms. The van der Waals surface area contributed by atoms with Gasteiger partial charge in [0, 0.05) is 58.5 Å². The number of rotatable bonds is 3. The van der Waals surface area contributed by atoms with E-state index in [4.69, 9.17) is 4.74 Å². The Kier molecular flexibility index (Phi) is 6.10. The number of likely N-dealkylation sites (tertiary alicyclic amines) is 1. The van der Waals surface area contributed by atoms with Crippen LogP contribution in [0.1, 0.15) is 38.5 Å². The van der Waals surface area contributed by atoms with Crippen molar-refractivity contribution in [3.05, 3.63) is 0 Å². The lowest BCUT2D eigenvalue weighted by atomic mass is 10.1. The Labute approximate surface area is 134 Å². The molecule has 5 nitrogen and oxygen atoms in total. The summed E-state index contributed by atoms with van der Waals surface area (Å²) in [6, 6.07) is 0.706. The summed E-state index contributed by atoms with van der Waals surface area (Å²) in [6.45, 7) is 8.70. The second-order valence-corrected chi connectivity index (χ2v) is 6.95. The fraction of sp³-hybridized carbons (Fsp3) is 0.941. The molecule has 3 rings (SSSR count). The van der Waals surface area contributed by atoms with Crippen LogP contribution in [0.3, 0.4) is 0 Å². The molecule has 3 fully saturated rings. The molecule has 126 valence electrons. The second-order valence-electron chi connectivity index (χ2n) is 6.95. The van der Waals surface area contributed by atoms with E-state index in [1.54, 1.807) is 0 Å². The molecule has 0 radical (unpaired) electrons. The zero-order chi connectivity index (χ0) is 15.2. The fourth-order valence-electron chi connectivity index (χ4n) is 3.95. The van der Waals surface area contributed by atoms with Crippen molar-refractivity contribution >= 4 is 5.91 Å². The molecule has 3 saturated heterocycles. The molecule has 0 aliphatic carbocycles. The van der Waals surface area contributed by atoms with Crippen LogP contribution >= 0.6 is 0 Å². The minimum atomic E-state index is 0.349. The maximum Gasteiger partial charge on any atom is 0.236 e. The zero-order valence-electron chi connectivity index (χ0n) is 13.8. The van der Waals surface area contributed by atoms with Crippen molar-refractivity contribution in [3.63, 3.8) is 0 Å². The lowest BCUT2D eigenvalue weighted by Crippen LogP contribution is -2.53. The molecule has 0 spiro atoms. The normalized spacial score (nSPS) is 26.8. The summed E-state index contributed by atoms with van der Waals surface area (Å²) in [4.78, 5) is 19.5. The van der Waals surface area contributed by atoms with Crippen molar-refractivity contribution in [2.24, 2.45) is 0 Å².